The molecule has 15 aromatic rings. The van der Waals surface area contributed by atoms with Crippen molar-refractivity contribution in [2.75, 3.05) is 84.3 Å². The van der Waals surface area contributed by atoms with E-state index in [4.69, 9.17) is 103 Å². The van der Waals surface area contributed by atoms with E-state index in [1.165, 1.54) is 106 Å². The van der Waals surface area contributed by atoms with Crippen LogP contribution >= 0.6 is 115 Å². The van der Waals surface area contributed by atoms with E-state index in [9.17, 15) is 0 Å². The molecule has 4 fully saturated rings. The van der Waals surface area contributed by atoms with Crippen molar-refractivity contribution in [2.24, 2.45) is 33.1 Å². The molecule has 0 saturated carbocycles. The molecule has 697 valence electrons. The van der Waals surface area contributed by atoms with Crippen LogP contribution in [0.25, 0.3) is 22.6 Å². The summed E-state index contributed by atoms with van der Waals surface area (Å²) in [4.78, 5) is 76.3. The minimum atomic E-state index is 0. The number of hydrogen-bond donors (Lipinski definition) is 6. The minimum Gasteiger partial charge on any atom is -0.778 e. The van der Waals surface area contributed by atoms with Crippen LogP contribution in [0.4, 0.5) is 35.3 Å². The molecule has 0 bridgehead atoms. The average Bonchev–Trinajstić information content (AvgIpc) is 1.53. The maximum absolute atomic E-state index is 6.71. The van der Waals surface area contributed by atoms with Crippen molar-refractivity contribution in [3.05, 3.63) is 257 Å². The molecule has 28 nitrogen and oxygen atoms in total. The molecule has 5 radical (unpaired) electrons. The fourth-order valence-electron chi connectivity index (χ4n) is 19.7. The second-order valence-electron chi connectivity index (χ2n) is 33.6. The van der Waals surface area contributed by atoms with E-state index >= 15 is 0 Å². The van der Waals surface area contributed by atoms with E-state index in [1.807, 2.05) is 103 Å². The van der Waals surface area contributed by atoms with Crippen LogP contribution in [-0.2, 0) is 38.3 Å². The van der Waals surface area contributed by atoms with Gasteiger partial charge in [-0.25, -0.2) is 54.8 Å². The Balaban J connectivity index is 0.000000161. The summed E-state index contributed by atoms with van der Waals surface area (Å²) >= 11 is 36.3. The number of fused-ring (bicyclic) bond motifs is 8. The van der Waals surface area contributed by atoms with Crippen LogP contribution in [0.3, 0.4) is 0 Å². The molecule has 8 aliphatic rings. The zero-order chi connectivity index (χ0) is 89.9. The molecule has 4 saturated heterocycles. The Morgan fingerprint density at radius 3 is 1.09 bits per heavy atom. The number of halogens is 6. The normalized spacial score (nSPS) is 18.2. The maximum Gasteiger partial charge on any atom is 1.00 e. The smallest absolute Gasteiger partial charge is 0.778 e. The predicted octanol–water partition coefficient (Wildman–Crippen LogP) is 15.5. The Morgan fingerprint density at radius 2 is 0.711 bits per heavy atom. The van der Waals surface area contributed by atoms with Crippen molar-refractivity contribution in [1.82, 2.24) is 97.7 Å². The summed E-state index contributed by atoms with van der Waals surface area (Å²) in [6.07, 6.45) is 56.4. The molecule has 0 unspecified atom stereocenters. The van der Waals surface area contributed by atoms with Gasteiger partial charge < -0.3 is 61.3 Å². The topological polar surface area (TPSA) is 363 Å². The summed E-state index contributed by atoms with van der Waals surface area (Å²) in [5.74, 6) is 4.93. The molecule has 4 spiro atoms. The fraction of sp³-hybridized carbons (Fsp3) is 0.372. The monoisotopic (exact) mass is 2180 g/mol. The van der Waals surface area contributed by atoms with Gasteiger partial charge in [-0.15, -0.1) is 0 Å². The van der Waals surface area contributed by atoms with Crippen molar-refractivity contribution in [1.29, 1.82) is 0 Å². The van der Waals surface area contributed by atoms with E-state index in [1.54, 1.807) is 47.6 Å². The standard InChI is InChI=1S/C24H24ClN7S.C23H23ClN8S.C19H20IN5.C12H17N3.C6H3ClIN3.C5H5ClN2S.5CH4.B3.Na/c1-15-17-13-27-6-2-16(17)12-24(15)4-9-31(10-5-24)23-30-14-19(22-29-8-11-32(22)23)33-18-3-7-28-21(26)20(18)25;24-18-16(2-6-28-20(18)26)33-17-13-30-22(32-10-7-29-21(17)32)31-8-3-23(4-9-31)11-14-1-5-27-12-15(14)19(23)25;1-13-15-11-21-5-2-14(15)10-19(13)3-7-24(8-4-19)18-23-12-16(20)17-22-6-9-25(17)18;13-11-10-8-15-4-1-9(10)7-12(11)2-5-14-6-3-12;7-6-10-3-4(8)5-9-1-2-11(5)6;6-4-3(9)1-2-8-5(4)7;;;;;;1-3-2;/h2-3,6-8,11,13-15H,4-5,9-10,12H2,1H3,(H2,26,28);1-2,5-7,10,12-13,19H,3-4,8-9,11,25H2,(H2,26,28);2,5-6,9,11-13H,3-4,7-8,10H2,1H3;1,4,8,11,14H,2-3,5-7,13H2;1-3H;1-2H,(H3,7,8,9);5*1H4;;/q;;;;;;;;;;;;+1/p-1/t15-;19-;13-;11-;;;;;;;;;/m1111........./s1. The Morgan fingerprint density at radius 1 is 0.393 bits per heavy atom. The van der Waals surface area contributed by atoms with Crippen LogP contribution in [0.2, 0.25) is 20.4 Å². The van der Waals surface area contributed by atoms with Gasteiger partial charge in [-0.05, 0) is 261 Å². The van der Waals surface area contributed by atoms with Gasteiger partial charge >= 0.3 is 29.6 Å². The number of aromatic nitrogens is 19. The fourth-order valence-corrected chi connectivity index (χ4v) is 23.5. The SMILES string of the molecule is C.C.C.C.C.C[C@@H]1c2cnccc2CC12CCN(c1ncc(I)c3nccn13)CC2.C[C@@H]1c2cnccc2CC12CCN(c1ncc(Sc3ccnc(N)c3Cl)c3nccn13)CC2.Clc1ncc(I)c2nccn12.N[C@@H]1c2cnccc2CC12CCNCC2.Nc1nccc(Sc2cnc(N3CCC4(CC3)Cc3ccncc3[C@H]4N)n3ccnc23)c1Cl.Nc1nccc([S-])c1Cl.[B][B][B].[Na+]. The summed E-state index contributed by atoms with van der Waals surface area (Å²) in [7, 11) is 10.0. The van der Waals surface area contributed by atoms with Gasteiger partial charge in [-0.2, -0.15) is 4.90 Å². The maximum atomic E-state index is 6.71. The number of hydrogen-bond acceptors (Lipinski definition) is 27. The quantitative estimate of drug-likeness (QED) is 0.0373. The number of nitrogen functional groups attached to an aromatic ring is 3. The summed E-state index contributed by atoms with van der Waals surface area (Å²) in [5, 5.41) is 5.13. The Bertz CT molecular complexity index is 6270. The summed E-state index contributed by atoms with van der Waals surface area (Å²) in [5.41, 5.74) is 45.9. The van der Waals surface area contributed by atoms with E-state index in [0.717, 1.165) is 172 Å². The number of pyridine rings is 7. The van der Waals surface area contributed by atoms with E-state index in [0.29, 0.717) is 70.8 Å². The molecule has 0 amide bonds. The third-order valence-corrected chi connectivity index (χ3v) is 32.8. The number of piperidine rings is 4. The second kappa shape index (κ2) is 46.8. The number of anilines is 6. The molecule has 0 aromatic carbocycles. The van der Waals surface area contributed by atoms with Crippen LogP contribution < -0.4 is 78.2 Å². The van der Waals surface area contributed by atoms with Crippen LogP contribution in [0.5, 0.6) is 0 Å². The molecule has 19 heterocycles. The first-order valence-electron chi connectivity index (χ1n) is 42.4. The van der Waals surface area contributed by atoms with Crippen LogP contribution in [0, 0.1) is 28.8 Å². The molecule has 4 aliphatic heterocycles. The largest absolute Gasteiger partial charge is 1.00 e. The van der Waals surface area contributed by atoms with Gasteiger partial charge in [0.05, 0.1) is 32.0 Å². The van der Waals surface area contributed by atoms with Gasteiger partial charge in [-0.1, -0.05) is 115 Å². The average molecular weight is 2180 g/mol. The number of imidazole rings is 4. The van der Waals surface area contributed by atoms with Gasteiger partial charge in [0, 0.05) is 226 Å². The Labute approximate surface area is 877 Å². The van der Waals surface area contributed by atoms with Crippen molar-refractivity contribution >= 4 is 208 Å². The minimum absolute atomic E-state index is 0. The second-order valence-corrected chi connectivity index (χ2v) is 40.0. The van der Waals surface area contributed by atoms with E-state index < -0.39 is 0 Å². The first-order chi connectivity index (χ1) is 62.5. The zero-order valence-corrected chi connectivity index (χ0v) is 83.5. The Kier molecular flexibility index (Phi) is 37.2. The summed E-state index contributed by atoms with van der Waals surface area (Å²) < 4.78 is 10.1. The van der Waals surface area contributed by atoms with Crippen molar-refractivity contribution in [2.45, 2.75) is 176 Å². The molecular formula is C94H111B3Cl4I2N28NaS3. The molecule has 23 rings (SSSR count). The van der Waals surface area contributed by atoms with Crippen molar-refractivity contribution < 1.29 is 29.6 Å². The molecule has 41 heteroatoms. The van der Waals surface area contributed by atoms with Crippen molar-refractivity contribution in [3.8, 4) is 0 Å². The van der Waals surface area contributed by atoms with Crippen LogP contribution in [0.1, 0.15) is 171 Å². The van der Waals surface area contributed by atoms with E-state index in [-0.39, 0.29) is 84.2 Å². The van der Waals surface area contributed by atoms with Gasteiger partial charge in [0.2, 0.25) is 23.1 Å². The molecule has 11 N–H and O–H groups in total. The number of nitrogens with one attached hydrogen (secondary N) is 1. The number of nitrogens with two attached hydrogens (primary N) is 5. The first-order valence-corrected chi connectivity index (χ1v) is 48.1. The van der Waals surface area contributed by atoms with Crippen LogP contribution in [-0.4, -0.2) is 167 Å². The number of rotatable bonds is 7. The number of nitrogens with zero attached hydrogens (tertiary/aromatic N) is 22. The third-order valence-electron chi connectivity index (χ3n) is 27.0. The summed E-state index contributed by atoms with van der Waals surface area (Å²) in [6, 6.07) is 14.2. The molecule has 135 heavy (non-hydrogen) atoms. The van der Waals surface area contributed by atoms with Crippen molar-refractivity contribution in [3.63, 3.8) is 0 Å². The van der Waals surface area contributed by atoms with E-state index in [2.05, 4.69) is 200 Å². The molecule has 4 atom stereocenters. The van der Waals surface area contributed by atoms with Gasteiger partial charge in [0.25, 0.3) is 0 Å². The zero-order valence-electron chi connectivity index (χ0n) is 71.7. The van der Waals surface area contributed by atoms with Gasteiger partial charge in [0.1, 0.15) is 17.5 Å². The molecule has 15 aromatic heterocycles. The summed E-state index contributed by atoms with van der Waals surface area (Å²) in [6.45, 7) is 12.8. The van der Waals surface area contributed by atoms with Crippen LogP contribution in [0.15, 0.2) is 209 Å². The first kappa shape index (κ1) is 107. The molecular weight excluding hydrogens is 2070 g/mol. The predicted molar refractivity (Wildman–Crippen MR) is 567 cm³/mol. The third kappa shape index (κ3) is 22.1. The molecule has 4 aliphatic carbocycles. The van der Waals surface area contributed by atoms with Gasteiger partial charge in [-0.3, -0.25) is 37.5 Å². The Hall–Kier alpha value is -8.06. The van der Waals surface area contributed by atoms with Gasteiger partial charge in [0.15, 0.2) is 22.6 Å².